The molecule has 4 aromatic carbocycles. The van der Waals surface area contributed by atoms with Gasteiger partial charge < -0.3 is 14.5 Å². The number of oxazole rings is 1. The average molecular weight is 879 g/mol. The topological polar surface area (TPSA) is 169 Å². The number of ether oxygens (including phenoxy) is 1. The Hall–Kier alpha value is -6.03. The molecule has 0 radical (unpaired) electrons. The molecule has 6 rings (SSSR count). The molecule has 0 aliphatic heterocycles. The minimum Gasteiger partial charge on any atom is -0.435 e. The zero-order chi connectivity index (χ0) is 45.1. The van der Waals surface area contributed by atoms with Gasteiger partial charge in [-0.3, -0.25) is 24.6 Å². The summed E-state index contributed by atoms with van der Waals surface area (Å²) in [6, 6.07) is 20.7. The van der Waals surface area contributed by atoms with Crippen molar-refractivity contribution in [3.05, 3.63) is 127 Å². The van der Waals surface area contributed by atoms with Crippen LogP contribution in [0.5, 0.6) is 0 Å². The number of nitro benzene ring substituents is 1. The van der Waals surface area contributed by atoms with E-state index >= 15 is 0 Å². The largest absolute Gasteiger partial charge is 0.435 e. The van der Waals surface area contributed by atoms with Gasteiger partial charge in [-0.15, -0.1) is 0 Å². The standard InChI is InChI=1S/C48H49Cl2N5O7/c1-8-47(4,5)32-24-37(48(6,7)9-2)42-40(25-32)53-45(61-42)31(27-51)23-30-16-19-35(22-28(30)3)54(34-12-10-11-13-34)46(58)62-43(41(56)29-14-17-33(49)18-15-29)44(57)52-39-21-20-36(55(59)60)26-38(39)50/h14-26,34,43H,8-13H2,1-7H3,(H,52,57)/b31-23+. The van der Waals surface area contributed by atoms with Crippen LogP contribution in [0.15, 0.2) is 77.2 Å². The Bertz CT molecular complexity index is 2620. The lowest BCUT2D eigenvalue weighted by atomic mass is 9.76. The normalized spacial score (nSPS) is 14.0. The number of carbonyl (C=O) groups is 3. The number of allylic oxidation sites excluding steroid dienone is 1. The van der Waals surface area contributed by atoms with Crippen LogP contribution in [0.1, 0.15) is 119 Å². The summed E-state index contributed by atoms with van der Waals surface area (Å²) in [6.45, 7) is 14.9. The number of Topliss-reactive ketones (excluding diaryl/α,β-unsaturated/α-hetero) is 1. The van der Waals surface area contributed by atoms with Crippen LogP contribution in [0.3, 0.4) is 0 Å². The van der Waals surface area contributed by atoms with E-state index in [-0.39, 0.29) is 50.3 Å². The van der Waals surface area contributed by atoms with Crippen LogP contribution in [0.2, 0.25) is 10.0 Å². The van der Waals surface area contributed by atoms with Gasteiger partial charge in [-0.05, 0) is 115 Å². The van der Waals surface area contributed by atoms with Crippen molar-refractivity contribution in [2.24, 2.45) is 0 Å². The lowest BCUT2D eigenvalue weighted by Crippen LogP contribution is -2.46. The molecule has 5 aromatic rings. The third-order valence-electron chi connectivity index (χ3n) is 12.1. The Morgan fingerprint density at radius 1 is 1.00 bits per heavy atom. The molecule has 0 spiro atoms. The van der Waals surface area contributed by atoms with E-state index in [1.54, 1.807) is 24.3 Å². The second-order valence-corrected chi connectivity index (χ2v) is 17.8. The fraction of sp³-hybridized carbons (Fsp3) is 0.354. The molecule has 1 aliphatic carbocycles. The maximum Gasteiger partial charge on any atom is 0.415 e. The number of anilines is 2. The molecular weight excluding hydrogens is 829 g/mol. The van der Waals surface area contributed by atoms with Gasteiger partial charge in [0.2, 0.25) is 17.8 Å². The molecule has 1 atom stereocenters. The summed E-state index contributed by atoms with van der Waals surface area (Å²) < 4.78 is 12.3. The van der Waals surface area contributed by atoms with E-state index in [2.05, 4.69) is 65.1 Å². The average Bonchev–Trinajstić information content (AvgIpc) is 3.94. The summed E-state index contributed by atoms with van der Waals surface area (Å²) >= 11 is 12.3. The maximum atomic E-state index is 14.4. The SMILES string of the molecule is CCC(C)(C)c1cc(C(C)(C)CC)c2oc(/C(C#N)=C/c3ccc(N(C(=O)OC(C(=O)Nc4ccc([N+](=O)[O-])cc4Cl)C(=O)c4ccc(Cl)cc4)C4CCCC4)cc3C)nc2c1. The third kappa shape index (κ3) is 9.70. The summed E-state index contributed by atoms with van der Waals surface area (Å²) in [5.74, 6) is -1.64. The van der Waals surface area contributed by atoms with Crippen LogP contribution in [-0.2, 0) is 20.4 Å². The van der Waals surface area contributed by atoms with E-state index in [9.17, 15) is 29.8 Å². The second-order valence-electron chi connectivity index (χ2n) is 16.9. The van der Waals surface area contributed by atoms with Crippen molar-refractivity contribution in [3.63, 3.8) is 0 Å². The summed E-state index contributed by atoms with van der Waals surface area (Å²) in [5, 5.41) is 24.4. The molecule has 1 aromatic heterocycles. The minimum atomic E-state index is -1.98. The van der Waals surface area contributed by atoms with Crippen LogP contribution in [0.4, 0.5) is 21.9 Å². The van der Waals surface area contributed by atoms with E-state index in [0.29, 0.717) is 40.2 Å². The fourth-order valence-electron chi connectivity index (χ4n) is 7.40. The Labute approximate surface area is 371 Å². The van der Waals surface area contributed by atoms with Crippen molar-refractivity contribution in [1.29, 1.82) is 5.26 Å². The van der Waals surface area contributed by atoms with Crippen LogP contribution < -0.4 is 10.2 Å². The number of aromatic nitrogens is 1. The first-order valence-electron chi connectivity index (χ1n) is 20.6. The number of rotatable bonds is 14. The summed E-state index contributed by atoms with van der Waals surface area (Å²) in [7, 11) is 0. The van der Waals surface area contributed by atoms with Crippen LogP contribution in [0, 0.1) is 28.4 Å². The number of nitriles is 1. The molecule has 1 unspecified atom stereocenters. The number of halogens is 2. The number of hydrogen-bond acceptors (Lipinski definition) is 9. The van der Waals surface area contributed by atoms with E-state index in [1.165, 1.54) is 35.2 Å². The lowest BCUT2D eigenvalue weighted by Gasteiger charge is -2.30. The van der Waals surface area contributed by atoms with Crippen LogP contribution >= 0.6 is 23.2 Å². The molecule has 322 valence electrons. The highest BCUT2D eigenvalue weighted by Gasteiger charge is 2.37. The molecule has 0 bridgehead atoms. The Kier molecular flexibility index (Phi) is 13.6. The van der Waals surface area contributed by atoms with Crippen LogP contribution in [-0.4, -0.2) is 39.8 Å². The highest BCUT2D eigenvalue weighted by Crippen LogP contribution is 2.40. The van der Waals surface area contributed by atoms with Gasteiger partial charge in [0, 0.05) is 40.0 Å². The monoisotopic (exact) mass is 877 g/mol. The maximum absolute atomic E-state index is 14.4. The number of nitrogens with one attached hydrogen (secondary N) is 1. The van der Waals surface area contributed by atoms with E-state index in [1.807, 2.05) is 6.92 Å². The molecule has 14 heteroatoms. The van der Waals surface area contributed by atoms with Crippen molar-refractivity contribution in [2.75, 3.05) is 10.2 Å². The predicted octanol–water partition coefficient (Wildman–Crippen LogP) is 12.6. The van der Waals surface area contributed by atoms with Gasteiger partial charge in [0.25, 0.3) is 11.6 Å². The molecule has 2 amide bonds. The molecule has 1 aliphatic rings. The van der Waals surface area contributed by atoms with E-state index in [0.717, 1.165) is 54.5 Å². The van der Waals surface area contributed by atoms with Crippen molar-refractivity contribution in [2.45, 2.75) is 110 Å². The number of hydrogen-bond donors (Lipinski definition) is 1. The van der Waals surface area contributed by atoms with Gasteiger partial charge in [-0.2, -0.15) is 5.26 Å². The number of ketones is 1. The van der Waals surface area contributed by atoms with Gasteiger partial charge in [-0.25, -0.2) is 9.78 Å². The van der Waals surface area contributed by atoms with E-state index < -0.39 is 28.8 Å². The summed E-state index contributed by atoms with van der Waals surface area (Å²) in [4.78, 5) is 59.1. The number of aryl methyl sites for hydroxylation is 1. The summed E-state index contributed by atoms with van der Waals surface area (Å²) in [5.41, 5.74) is 5.04. The first-order valence-corrected chi connectivity index (χ1v) is 21.4. The number of benzene rings is 4. The molecule has 1 N–H and O–H groups in total. The molecule has 0 saturated heterocycles. The number of fused-ring (bicyclic) bond motifs is 1. The zero-order valence-electron chi connectivity index (χ0n) is 35.8. The predicted molar refractivity (Wildman–Crippen MR) is 243 cm³/mol. The number of nitrogens with zero attached hydrogens (tertiary/aromatic N) is 4. The van der Waals surface area contributed by atoms with Crippen LogP contribution in [0.25, 0.3) is 22.7 Å². The highest BCUT2D eigenvalue weighted by atomic mass is 35.5. The van der Waals surface area contributed by atoms with Crippen molar-refractivity contribution < 1.29 is 28.5 Å². The molecule has 1 fully saturated rings. The van der Waals surface area contributed by atoms with Gasteiger partial charge in [-0.1, -0.05) is 89.7 Å². The first-order chi connectivity index (χ1) is 29.4. The Morgan fingerprint density at radius 3 is 2.27 bits per heavy atom. The number of amides is 2. The van der Waals surface area contributed by atoms with Crippen molar-refractivity contribution >= 4 is 80.8 Å². The minimum absolute atomic E-state index is 0.0239. The van der Waals surface area contributed by atoms with Crippen molar-refractivity contribution in [1.82, 2.24) is 4.98 Å². The molecular formula is C48H49Cl2N5O7. The quantitative estimate of drug-likeness (QED) is 0.0375. The zero-order valence-corrected chi connectivity index (χ0v) is 37.3. The lowest BCUT2D eigenvalue weighted by molar-refractivity contribution is -0.384. The van der Waals surface area contributed by atoms with Gasteiger partial charge >= 0.3 is 6.09 Å². The number of nitro groups is 1. The molecule has 1 saturated carbocycles. The summed E-state index contributed by atoms with van der Waals surface area (Å²) in [6.07, 6.45) is 3.60. The van der Waals surface area contributed by atoms with Gasteiger partial charge in [0.05, 0.1) is 15.6 Å². The van der Waals surface area contributed by atoms with Crippen molar-refractivity contribution in [3.8, 4) is 6.07 Å². The Morgan fingerprint density at radius 2 is 1.68 bits per heavy atom. The smallest absolute Gasteiger partial charge is 0.415 e. The third-order valence-corrected chi connectivity index (χ3v) is 12.6. The van der Waals surface area contributed by atoms with Gasteiger partial charge in [0.15, 0.2) is 5.58 Å². The molecule has 12 nitrogen and oxygen atoms in total. The Balaban J connectivity index is 1.34. The highest BCUT2D eigenvalue weighted by molar-refractivity contribution is 6.34. The number of carbonyl (C=O) groups excluding carboxylic acids is 3. The van der Waals surface area contributed by atoms with Gasteiger partial charge in [0.1, 0.15) is 17.2 Å². The molecule has 1 heterocycles. The fourth-order valence-corrected chi connectivity index (χ4v) is 7.75. The van der Waals surface area contributed by atoms with E-state index in [4.69, 9.17) is 37.3 Å². The first kappa shape index (κ1) is 45.5. The molecule has 62 heavy (non-hydrogen) atoms. The second kappa shape index (κ2) is 18.5. The number of non-ortho nitro benzene ring substituents is 1.